The molecule has 1 aromatic carbocycles. The molecule has 3 N–H and O–H groups in total. The highest BCUT2D eigenvalue weighted by molar-refractivity contribution is 5.90. The number of esters is 1. The normalized spacial score (nSPS) is 18.1. The molecule has 1 aromatic rings. The van der Waals surface area contributed by atoms with Crippen molar-refractivity contribution in [3.05, 3.63) is 35.9 Å². The zero-order chi connectivity index (χ0) is 24.4. The van der Waals surface area contributed by atoms with Gasteiger partial charge in [-0.3, -0.25) is 9.59 Å². The van der Waals surface area contributed by atoms with Crippen LogP contribution in [-0.2, 0) is 30.3 Å². The SMILES string of the molecule is COC(=O)[C@H](C[C@@H]1CCNC1=O)NC(=O)[C@H](CC(C)C)NC(=O)OC(C)Cc1ccccc1. The molecule has 1 aliphatic rings. The molecule has 4 atom stereocenters. The van der Waals surface area contributed by atoms with Crippen molar-refractivity contribution in [1.29, 1.82) is 0 Å². The number of methoxy groups -OCH3 is 1. The van der Waals surface area contributed by atoms with E-state index in [4.69, 9.17) is 9.47 Å². The van der Waals surface area contributed by atoms with E-state index in [0.717, 1.165) is 5.56 Å². The lowest BCUT2D eigenvalue weighted by molar-refractivity contribution is -0.146. The molecule has 0 bridgehead atoms. The minimum atomic E-state index is -0.985. The first-order chi connectivity index (χ1) is 15.7. The van der Waals surface area contributed by atoms with Gasteiger partial charge in [0.1, 0.15) is 18.2 Å². The Morgan fingerprint density at radius 1 is 1.09 bits per heavy atom. The fourth-order valence-corrected chi connectivity index (χ4v) is 3.83. The van der Waals surface area contributed by atoms with Crippen LogP contribution in [0.25, 0.3) is 0 Å². The highest BCUT2D eigenvalue weighted by Gasteiger charge is 2.34. The van der Waals surface area contributed by atoms with Crippen molar-refractivity contribution in [1.82, 2.24) is 16.0 Å². The molecule has 0 spiro atoms. The molecule has 2 rings (SSSR count). The van der Waals surface area contributed by atoms with Crippen molar-refractivity contribution < 1.29 is 28.7 Å². The molecule has 0 aromatic heterocycles. The largest absolute Gasteiger partial charge is 0.467 e. The van der Waals surface area contributed by atoms with Crippen molar-refractivity contribution in [2.75, 3.05) is 13.7 Å². The standard InChI is InChI=1S/C24H35N3O6/c1-15(2)12-19(27-24(31)33-16(3)13-17-8-6-5-7-9-17)22(29)26-20(23(30)32-4)14-18-10-11-25-21(18)28/h5-9,15-16,18-20H,10-14H2,1-4H3,(H,25,28)(H,26,29)(H,27,31)/t16?,18-,19-,20-/m0/s1. The molecule has 0 radical (unpaired) electrons. The van der Waals surface area contributed by atoms with Gasteiger partial charge >= 0.3 is 12.1 Å². The van der Waals surface area contributed by atoms with Crippen molar-refractivity contribution in [3.63, 3.8) is 0 Å². The Morgan fingerprint density at radius 3 is 2.36 bits per heavy atom. The Kier molecular flexibility index (Phi) is 10.2. The lowest BCUT2D eigenvalue weighted by Gasteiger charge is -2.24. The van der Waals surface area contributed by atoms with Crippen LogP contribution in [0.4, 0.5) is 4.79 Å². The molecule has 1 unspecified atom stereocenters. The first-order valence-electron chi connectivity index (χ1n) is 11.4. The van der Waals surface area contributed by atoms with E-state index in [2.05, 4.69) is 16.0 Å². The summed E-state index contributed by atoms with van der Waals surface area (Å²) in [7, 11) is 1.23. The molecule has 1 fully saturated rings. The number of alkyl carbamates (subject to hydrolysis) is 1. The second kappa shape index (κ2) is 12.8. The number of rotatable bonds is 11. The zero-order valence-electron chi connectivity index (χ0n) is 19.8. The second-order valence-electron chi connectivity index (χ2n) is 8.83. The second-order valence-corrected chi connectivity index (χ2v) is 8.83. The van der Waals surface area contributed by atoms with E-state index in [1.54, 1.807) is 6.92 Å². The number of nitrogens with one attached hydrogen (secondary N) is 3. The van der Waals surface area contributed by atoms with Crippen molar-refractivity contribution >= 4 is 23.9 Å². The maximum atomic E-state index is 13.0. The lowest BCUT2D eigenvalue weighted by atomic mass is 9.97. The highest BCUT2D eigenvalue weighted by atomic mass is 16.6. The highest BCUT2D eigenvalue weighted by Crippen LogP contribution is 2.17. The van der Waals surface area contributed by atoms with Crippen LogP contribution in [0.15, 0.2) is 30.3 Å². The van der Waals surface area contributed by atoms with E-state index < -0.39 is 30.1 Å². The van der Waals surface area contributed by atoms with Crippen LogP contribution in [0.1, 0.15) is 45.6 Å². The monoisotopic (exact) mass is 461 g/mol. The van der Waals surface area contributed by atoms with Crippen LogP contribution in [0.2, 0.25) is 0 Å². The fraction of sp³-hybridized carbons (Fsp3) is 0.583. The van der Waals surface area contributed by atoms with Gasteiger partial charge in [0.2, 0.25) is 11.8 Å². The Labute approximate surface area is 195 Å². The minimum Gasteiger partial charge on any atom is -0.467 e. The molecule has 0 aliphatic carbocycles. The van der Waals surface area contributed by atoms with Crippen LogP contribution in [0.5, 0.6) is 0 Å². The molecule has 3 amide bonds. The van der Waals surface area contributed by atoms with Crippen LogP contribution >= 0.6 is 0 Å². The van der Waals surface area contributed by atoms with Gasteiger partial charge in [0.05, 0.1) is 7.11 Å². The van der Waals surface area contributed by atoms with Gasteiger partial charge in [-0.2, -0.15) is 0 Å². The number of amides is 3. The average molecular weight is 462 g/mol. The predicted molar refractivity (Wildman–Crippen MR) is 122 cm³/mol. The van der Waals surface area contributed by atoms with E-state index in [1.807, 2.05) is 44.2 Å². The molecular weight excluding hydrogens is 426 g/mol. The molecule has 33 heavy (non-hydrogen) atoms. The summed E-state index contributed by atoms with van der Waals surface area (Å²) in [4.78, 5) is 49.6. The summed E-state index contributed by atoms with van der Waals surface area (Å²) in [5, 5.41) is 8.00. The van der Waals surface area contributed by atoms with Crippen LogP contribution in [0.3, 0.4) is 0 Å². The maximum absolute atomic E-state index is 13.0. The molecule has 182 valence electrons. The van der Waals surface area contributed by atoms with Crippen LogP contribution in [-0.4, -0.2) is 55.7 Å². The summed E-state index contributed by atoms with van der Waals surface area (Å²) >= 11 is 0. The summed E-state index contributed by atoms with van der Waals surface area (Å²) in [6.07, 6.45) is 0.524. The van der Waals surface area contributed by atoms with Gasteiger partial charge in [0, 0.05) is 18.9 Å². The number of carbonyl (C=O) groups excluding carboxylic acids is 4. The summed E-state index contributed by atoms with van der Waals surface area (Å²) in [5.41, 5.74) is 1.03. The fourth-order valence-electron chi connectivity index (χ4n) is 3.83. The molecule has 9 heteroatoms. The number of benzene rings is 1. The summed E-state index contributed by atoms with van der Waals surface area (Å²) < 4.78 is 10.2. The van der Waals surface area contributed by atoms with Gasteiger partial charge < -0.3 is 25.4 Å². The van der Waals surface area contributed by atoms with E-state index >= 15 is 0 Å². The Bertz CT molecular complexity index is 814. The van der Waals surface area contributed by atoms with Gasteiger partial charge in [-0.25, -0.2) is 9.59 Å². The average Bonchev–Trinajstić information content (AvgIpc) is 3.16. The molecule has 9 nitrogen and oxygen atoms in total. The van der Waals surface area contributed by atoms with Gasteiger partial charge in [-0.1, -0.05) is 44.2 Å². The third kappa shape index (κ3) is 8.75. The van der Waals surface area contributed by atoms with E-state index in [9.17, 15) is 19.2 Å². The van der Waals surface area contributed by atoms with Crippen molar-refractivity contribution in [3.8, 4) is 0 Å². The maximum Gasteiger partial charge on any atom is 0.408 e. The van der Waals surface area contributed by atoms with Crippen molar-refractivity contribution in [2.24, 2.45) is 11.8 Å². The topological polar surface area (TPSA) is 123 Å². The third-order valence-electron chi connectivity index (χ3n) is 5.48. The van der Waals surface area contributed by atoms with E-state index in [1.165, 1.54) is 7.11 Å². The summed E-state index contributed by atoms with van der Waals surface area (Å²) in [6, 6.07) is 7.76. The van der Waals surface area contributed by atoms with Gasteiger partial charge in [-0.05, 0) is 37.7 Å². The van der Waals surface area contributed by atoms with E-state index in [-0.39, 0.29) is 30.3 Å². The number of hydrogen-bond acceptors (Lipinski definition) is 6. The molecule has 1 aliphatic heterocycles. The lowest BCUT2D eigenvalue weighted by Crippen LogP contribution is -2.53. The van der Waals surface area contributed by atoms with Gasteiger partial charge in [0.25, 0.3) is 0 Å². The number of ether oxygens (including phenoxy) is 2. The first kappa shape index (κ1) is 26.2. The molecule has 1 heterocycles. The summed E-state index contributed by atoms with van der Waals surface area (Å²) in [5.74, 6) is -1.59. The van der Waals surface area contributed by atoms with Gasteiger partial charge in [-0.15, -0.1) is 0 Å². The van der Waals surface area contributed by atoms with Crippen LogP contribution < -0.4 is 16.0 Å². The molecule has 0 saturated carbocycles. The number of carbonyl (C=O) groups is 4. The zero-order valence-corrected chi connectivity index (χ0v) is 19.8. The molecule has 1 saturated heterocycles. The molecular formula is C24H35N3O6. The smallest absolute Gasteiger partial charge is 0.408 e. The summed E-state index contributed by atoms with van der Waals surface area (Å²) in [6.45, 7) is 6.16. The van der Waals surface area contributed by atoms with Crippen LogP contribution in [0, 0.1) is 11.8 Å². The van der Waals surface area contributed by atoms with E-state index in [0.29, 0.717) is 25.8 Å². The van der Waals surface area contributed by atoms with Gasteiger partial charge in [0.15, 0.2) is 0 Å². The Balaban J connectivity index is 1.99. The first-order valence-corrected chi connectivity index (χ1v) is 11.4. The Morgan fingerprint density at radius 2 is 1.79 bits per heavy atom. The quantitative estimate of drug-likeness (QED) is 0.433. The minimum absolute atomic E-state index is 0.0972. The predicted octanol–water partition coefficient (Wildman–Crippen LogP) is 1.94. The number of hydrogen-bond donors (Lipinski definition) is 3. The van der Waals surface area contributed by atoms with Crippen molar-refractivity contribution in [2.45, 2.75) is 64.6 Å². The third-order valence-corrected chi connectivity index (χ3v) is 5.48. The Hall–Kier alpha value is -3.10.